The van der Waals surface area contributed by atoms with E-state index in [0.29, 0.717) is 6.54 Å². The number of benzene rings is 1. The summed E-state index contributed by atoms with van der Waals surface area (Å²) in [6, 6.07) is 11.8. The highest BCUT2D eigenvalue weighted by Crippen LogP contribution is 2.27. The van der Waals surface area contributed by atoms with Gasteiger partial charge in [0.15, 0.2) is 0 Å². The van der Waals surface area contributed by atoms with Crippen molar-refractivity contribution in [1.82, 2.24) is 15.3 Å². The van der Waals surface area contributed by atoms with Crippen molar-refractivity contribution < 1.29 is 4.79 Å². The average molecular weight is 280 g/mol. The number of hydrogen-bond acceptors (Lipinski definition) is 2. The van der Waals surface area contributed by atoms with Crippen LogP contribution in [0.4, 0.5) is 10.5 Å². The molecule has 3 rings (SSSR count). The molecule has 3 N–H and O–H groups in total. The van der Waals surface area contributed by atoms with E-state index >= 15 is 0 Å². The maximum Gasteiger partial charge on any atom is 0.319 e. The van der Waals surface area contributed by atoms with Crippen LogP contribution in [0.15, 0.2) is 48.8 Å². The van der Waals surface area contributed by atoms with Gasteiger partial charge in [0.25, 0.3) is 0 Å². The van der Waals surface area contributed by atoms with Gasteiger partial charge in [0.05, 0.1) is 5.69 Å². The summed E-state index contributed by atoms with van der Waals surface area (Å²) in [7, 11) is 0. The number of nitrogens with zero attached hydrogens (tertiary/aromatic N) is 1. The van der Waals surface area contributed by atoms with Crippen LogP contribution in [-0.2, 0) is 0 Å². The Morgan fingerprint density at radius 1 is 1.24 bits per heavy atom. The van der Waals surface area contributed by atoms with Crippen molar-refractivity contribution in [2.75, 3.05) is 11.9 Å². The summed E-state index contributed by atoms with van der Waals surface area (Å²) in [6.45, 7) is 2.46. The standard InChI is InChI=1S/C16H16N4O/c1-2-17-16(21)20-14-10-19-15-13(14)8-12(9-18-15)11-6-4-3-5-7-11/h3-10H,2H2,1H3,(H,18,19)(H2,17,20,21). The predicted octanol–water partition coefficient (Wildman–Crippen LogP) is 3.37. The fourth-order valence-electron chi connectivity index (χ4n) is 2.22. The molecule has 0 aliphatic heterocycles. The normalized spacial score (nSPS) is 10.5. The van der Waals surface area contributed by atoms with Gasteiger partial charge in [0, 0.05) is 29.9 Å². The molecular formula is C16H16N4O. The molecule has 5 heteroatoms. The van der Waals surface area contributed by atoms with E-state index in [1.165, 1.54) is 0 Å². The topological polar surface area (TPSA) is 69.8 Å². The van der Waals surface area contributed by atoms with Crippen molar-refractivity contribution in [3.8, 4) is 11.1 Å². The Morgan fingerprint density at radius 3 is 2.81 bits per heavy atom. The van der Waals surface area contributed by atoms with Crippen molar-refractivity contribution in [1.29, 1.82) is 0 Å². The molecule has 2 amide bonds. The zero-order valence-corrected chi connectivity index (χ0v) is 11.7. The number of amides is 2. The molecule has 2 heterocycles. The molecule has 0 fully saturated rings. The van der Waals surface area contributed by atoms with Crippen LogP contribution in [0, 0.1) is 0 Å². The smallest absolute Gasteiger partial charge is 0.319 e. The Labute approximate surface area is 122 Å². The van der Waals surface area contributed by atoms with Crippen molar-refractivity contribution >= 4 is 22.8 Å². The molecule has 0 bridgehead atoms. The van der Waals surface area contributed by atoms with Crippen molar-refractivity contribution in [2.45, 2.75) is 6.92 Å². The number of nitrogens with one attached hydrogen (secondary N) is 3. The number of rotatable bonds is 3. The Bertz CT molecular complexity index is 764. The second-order valence-electron chi connectivity index (χ2n) is 4.67. The molecule has 1 aromatic carbocycles. The maximum atomic E-state index is 11.7. The van der Waals surface area contributed by atoms with Crippen LogP contribution in [0.5, 0.6) is 0 Å². The summed E-state index contributed by atoms with van der Waals surface area (Å²) < 4.78 is 0. The van der Waals surface area contributed by atoms with Crippen LogP contribution in [0.2, 0.25) is 0 Å². The Kier molecular flexibility index (Phi) is 3.55. The third kappa shape index (κ3) is 2.72. The molecule has 0 unspecified atom stereocenters. The van der Waals surface area contributed by atoms with Crippen molar-refractivity contribution in [3.05, 3.63) is 48.8 Å². The number of urea groups is 1. The van der Waals surface area contributed by atoms with Gasteiger partial charge in [-0.2, -0.15) is 0 Å². The molecule has 0 atom stereocenters. The number of carbonyl (C=O) groups is 1. The molecule has 0 aliphatic carbocycles. The first-order chi connectivity index (χ1) is 10.3. The van der Waals surface area contributed by atoms with E-state index in [-0.39, 0.29) is 6.03 Å². The van der Waals surface area contributed by atoms with E-state index in [2.05, 4.69) is 20.6 Å². The van der Waals surface area contributed by atoms with E-state index in [4.69, 9.17) is 0 Å². The van der Waals surface area contributed by atoms with Gasteiger partial charge < -0.3 is 15.6 Å². The number of fused-ring (bicyclic) bond motifs is 1. The molecular weight excluding hydrogens is 264 g/mol. The number of aromatic nitrogens is 2. The van der Waals surface area contributed by atoms with Gasteiger partial charge in [-0.1, -0.05) is 30.3 Å². The monoisotopic (exact) mass is 280 g/mol. The van der Waals surface area contributed by atoms with E-state index in [9.17, 15) is 4.79 Å². The average Bonchev–Trinajstić information content (AvgIpc) is 2.91. The first kappa shape index (κ1) is 13.2. The van der Waals surface area contributed by atoms with Crippen LogP contribution >= 0.6 is 0 Å². The van der Waals surface area contributed by atoms with Crippen LogP contribution in [0.25, 0.3) is 22.2 Å². The lowest BCUT2D eigenvalue weighted by molar-refractivity contribution is 0.252. The lowest BCUT2D eigenvalue weighted by Crippen LogP contribution is -2.28. The van der Waals surface area contributed by atoms with Gasteiger partial charge in [-0.05, 0) is 18.6 Å². The second-order valence-corrected chi connectivity index (χ2v) is 4.67. The zero-order chi connectivity index (χ0) is 14.7. The minimum Gasteiger partial charge on any atom is -0.344 e. The van der Waals surface area contributed by atoms with Gasteiger partial charge in [0.1, 0.15) is 5.65 Å². The first-order valence-corrected chi connectivity index (χ1v) is 6.85. The first-order valence-electron chi connectivity index (χ1n) is 6.85. The maximum absolute atomic E-state index is 11.7. The van der Waals surface area contributed by atoms with Gasteiger partial charge in [0.2, 0.25) is 0 Å². The second kappa shape index (κ2) is 5.66. The van der Waals surface area contributed by atoms with Crippen molar-refractivity contribution in [2.24, 2.45) is 0 Å². The Balaban J connectivity index is 1.98. The molecule has 0 radical (unpaired) electrons. The van der Waals surface area contributed by atoms with Gasteiger partial charge >= 0.3 is 6.03 Å². The highest BCUT2D eigenvalue weighted by molar-refractivity contribution is 6.01. The molecule has 0 saturated carbocycles. The number of hydrogen-bond donors (Lipinski definition) is 3. The summed E-state index contributed by atoms with van der Waals surface area (Å²) >= 11 is 0. The van der Waals surface area contributed by atoms with Crippen LogP contribution < -0.4 is 10.6 Å². The molecule has 5 nitrogen and oxygen atoms in total. The van der Waals surface area contributed by atoms with Crippen LogP contribution in [-0.4, -0.2) is 22.5 Å². The molecule has 21 heavy (non-hydrogen) atoms. The molecule has 3 aromatic rings. The third-order valence-corrected chi connectivity index (χ3v) is 3.22. The minimum atomic E-state index is -0.219. The van der Waals surface area contributed by atoms with Crippen LogP contribution in [0.1, 0.15) is 6.92 Å². The fraction of sp³-hybridized carbons (Fsp3) is 0.125. The lowest BCUT2D eigenvalue weighted by Gasteiger charge is -2.05. The molecule has 0 saturated heterocycles. The summed E-state index contributed by atoms with van der Waals surface area (Å²) in [6.07, 6.45) is 3.58. The van der Waals surface area contributed by atoms with Gasteiger partial charge in [-0.3, -0.25) is 0 Å². The lowest BCUT2D eigenvalue weighted by atomic mass is 10.1. The number of carbonyl (C=O) groups excluding carboxylic acids is 1. The van der Waals surface area contributed by atoms with Crippen LogP contribution in [0.3, 0.4) is 0 Å². The SMILES string of the molecule is CCNC(=O)Nc1c[nH]c2ncc(-c3ccccc3)cc12. The number of pyridine rings is 1. The zero-order valence-electron chi connectivity index (χ0n) is 11.7. The summed E-state index contributed by atoms with van der Waals surface area (Å²) in [4.78, 5) is 19.1. The summed E-state index contributed by atoms with van der Waals surface area (Å²) in [5.41, 5.74) is 3.58. The van der Waals surface area contributed by atoms with E-state index < -0.39 is 0 Å². The van der Waals surface area contributed by atoms with E-state index in [0.717, 1.165) is 27.8 Å². The quantitative estimate of drug-likeness (QED) is 0.688. The number of aromatic amines is 1. The molecule has 0 spiro atoms. The molecule has 0 aliphatic rings. The van der Waals surface area contributed by atoms with E-state index in [1.54, 1.807) is 6.20 Å². The highest BCUT2D eigenvalue weighted by Gasteiger charge is 2.09. The van der Waals surface area contributed by atoms with Gasteiger partial charge in [-0.25, -0.2) is 9.78 Å². The molecule has 2 aromatic heterocycles. The van der Waals surface area contributed by atoms with Crippen molar-refractivity contribution in [3.63, 3.8) is 0 Å². The Morgan fingerprint density at radius 2 is 2.05 bits per heavy atom. The number of H-pyrrole nitrogens is 1. The summed E-state index contributed by atoms with van der Waals surface area (Å²) in [5, 5.41) is 6.42. The van der Waals surface area contributed by atoms with Gasteiger partial charge in [-0.15, -0.1) is 0 Å². The molecule has 106 valence electrons. The largest absolute Gasteiger partial charge is 0.344 e. The van der Waals surface area contributed by atoms with E-state index in [1.807, 2.05) is 49.5 Å². The minimum absolute atomic E-state index is 0.219. The Hall–Kier alpha value is -2.82. The highest BCUT2D eigenvalue weighted by atomic mass is 16.2. The summed E-state index contributed by atoms with van der Waals surface area (Å²) in [5.74, 6) is 0. The number of anilines is 1. The predicted molar refractivity (Wildman–Crippen MR) is 84.2 cm³/mol. The third-order valence-electron chi connectivity index (χ3n) is 3.22. The fourth-order valence-corrected chi connectivity index (χ4v) is 2.22.